The first-order valence-corrected chi connectivity index (χ1v) is 15.4. The van der Waals surface area contributed by atoms with Gasteiger partial charge in [0, 0.05) is 18.8 Å². The second-order valence-electron chi connectivity index (χ2n) is 11.2. The van der Waals surface area contributed by atoms with Crippen LogP contribution in [-0.4, -0.2) is 80.7 Å². The van der Waals surface area contributed by atoms with E-state index in [2.05, 4.69) is 10.6 Å². The van der Waals surface area contributed by atoms with E-state index in [9.17, 15) is 23.1 Å². The monoisotopic (exact) mass is 587 g/mol. The Bertz CT molecular complexity index is 1350. The van der Waals surface area contributed by atoms with Crippen LogP contribution in [0.4, 0.5) is 10.5 Å². The maximum atomic E-state index is 13.8. The molecular formula is C29H37N3O8S. The summed E-state index contributed by atoms with van der Waals surface area (Å²) in [5.74, 6) is -0.266. The first-order chi connectivity index (χ1) is 19.6. The van der Waals surface area contributed by atoms with Gasteiger partial charge in [0.25, 0.3) is 0 Å². The predicted molar refractivity (Wildman–Crippen MR) is 150 cm³/mol. The minimum Gasteiger partial charge on any atom is -0.443 e. The molecule has 2 aromatic rings. The maximum absolute atomic E-state index is 13.8. The van der Waals surface area contributed by atoms with E-state index in [-0.39, 0.29) is 61.5 Å². The summed E-state index contributed by atoms with van der Waals surface area (Å²) in [6, 6.07) is 13.0. The minimum atomic E-state index is -4.03. The molecule has 12 heteroatoms. The number of hydrogen-bond acceptors (Lipinski definition) is 8. The summed E-state index contributed by atoms with van der Waals surface area (Å²) in [5, 5.41) is 16.9. The van der Waals surface area contributed by atoms with Crippen molar-refractivity contribution in [1.82, 2.24) is 9.62 Å². The molecule has 5 rings (SSSR count). The molecule has 5 atom stereocenters. The standard InChI is InChI=1S/C29H37N3O8S/c1-18(2)15-32(41(36,37)21-8-9-23-20(13-21)14-27(34)30-23)16-25(33)24(12-19-6-4-3-5-7-19)31-29(35)40-26-17-39-28-22(26)10-11-38-28/h3-9,13,18,22,24-26,28,33H,10-12,14-17H2,1-2H3,(H,30,34)(H,31,35)/t22?,24-,25+,26?,28?/m0/s1. The number of hydrogen-bond donors (Lipinski definition) is 3. The fourth-order valence-corrected chi connectivity index (χ4v) is 7.22. The predicted octanol–water partition coefficient (Wildman–Crippen LogP) is 2.29. The molecule has 3 aliphatic rings. The van der Waals surface area contributed by atoms with Crippen molar-refractivity contribution in [3.8, 4) is 0 Å². The molecule has 11 nitrogen and oxygen atoms in total. The lowest BCUT2D eigenvalue weighted by Gasteiger charge is -2.31. The Morgan fingerprint density at radius 3 is 2.71 bits per heavy atom. The van der Waals surface area contributed by atoms with Crippen LogP contribution in [0.2, 0.25) is 0 Å². The van der Waals surface area contributed by atoms with E-state index in [4.69, 9.17) is 14.2 Å². The van der Waals surface area contributed by atoms with Gasteiger partial charge in [-0.15, -0.1) is 0 Å². The molecule has 2 fully saturated rings. The van der Waals surface area contributed by atoms with Crippen molar-refractivity contribution in [1.29, 1.82) is 0 Å². The van der Waals surface area contributed by atoms with Crippen LogP contribution in [0.5, 0.6) is 0 Å². The number of nitrogens with one attached hydrogen (secondary N) is 2. The largest absolute Gasteiger partial charge is 0.443 e. The summed E-state index contributed by atoms with van der Waals surface area (Å²) in [6.45, 7) is 4.46. The molecule has 2 aromatic carbocycles. The SMILES string of the molecule is CC(C)CN(C[C@@H](O)[C@H](Cc1ccccc1)NC(=O)OC1COC2OCCC12)S(=O)(=O)c1ccc2c(c1)CC(=O)N2. The van der Waals surface area contributed by atoms with E-state index >= 15 is 0 Å². The van der Waals surface area contributed by atoms with Crippen molar-refractivity contribution in [3.63, 3.8) is 0 Å². The van der Waals surface area contributed by atoms with Crippen molar-refractivity contribution in [2.24, 2.45) is 11.8 Å². The van der Waals surface area contributed by atoms with Crippen molar-refractivity contribution in [2.45, 2.75) is 62.5 Å². The second-order valence-corrected chi connectivity index (χ2v) is 13.2. The Morgan fingerprint density at radius 1 is 1.17 bits per heavy atom. The highest BCUT2D eigenvalue weighted by molar-refractivity contribution is 7.89. The van der Waals surface area contributed by atoms with Crippen molar-refractivity contribution in [2.75, 3.05) is 31.6 Å². The van der Waals surface area contributed by atoms with Crippen LogP contribution in [0.3, 0.4) is 0 Å². The molecule has 41 heavy (non-hydrogen) atoms. The smallest absolute Gasteiger partial charge is 0.407 e. The number of fused-ring (bicyclic) bond motifs is 2. The number of aliphatic hydroxyl groups is 1. The zero-order valence-corrected chi connectivity index (χ0v) is 24.0. The van der Waals surface area contributed by atoms with Crippen LogP contribution >= 0.6 is 0 Å². The van der Waals surface area contributed by atoms with Gasteiger partial charge in [-0.25, -0.2) is 13.2 Å². The van der Waals surface area contributed by atoms with Gasteiger partial charge in [-0.1, -0.05) is 44.2 Å². The third-order valence-electron chi connectivity index (χ3n) is 7.61. The zero-order chi connectivity index (χ0) is 29.1. The quantitative estimate of drug-likeness (QED) is 0.363. The van der Waals surface area contributed by atoms with Gasteiger partial charge in [-0.3, -0.25) is 4.79 Å². The molecule has 3 aliphatic heterocycles. The highest BCUT2D eigenvalue weighted by Crippen LogP contribution is 2.33. The molecule has 0 radical (unpaired) electrons. The molecule has 2 saturated heterocycles. The molecule has 0 bridgehead atoms. The molecule has 0 spiro atoms. The number of sulfonamides is 1. The van der Waals surface area contributed by atoms with Gasteiger partial charge in [0.15, 0.2) is 6.29 Å². The van der Waals surface area contributed by atoms with Crippen LogP contribution in [0, 0.1) is 11.8 Å². The van der Waals surface area contributed by atoms with E-state index in [1.807, 2.05) is 44.2 Å². The number of alkyl carbamates (subject to hydrolysis) is 1. The van der Waals surface area contributed by atoms with Crippen LogP contribution in [0.1, 0.15) is 31.4 Å². The Labute approximate surface area is 240 Å². The number of anilines is 1. The Balaban J connectivity index is 1.33. The van der Waals surface area contributed by atoms with E-state index in [1.54, 1.807) is 6.07 Å². The van der Waals surface area contributed by atoms with Crippen LogP contribution < -0.4 is 10.6 Å². The molecule has 3 heterocycles. The van der Waals surface area contributed by atoms with E-state index in [1.165, 1.54) is 16.4 Å². The third kappa shape index (κ3) is 6.90. The van der Waals surface area contributed by atoms with Gasteiger partial charge >= 0.3 is 6.09 Å². The highest BCUT2D eigenvalue weighted by Gasteiger charge is 2.44. The molecule has 222 valence electrons. The number of ether oxygens (including phenoxy) is 3. The van der Waals surface area contributed by atoms with E-state index in [0.29, 0.717) is 17.9 Å². The van der Waals surface area contributed by atoms with Crippen molar-refractivity contribution >= 4 is 27.7 Å². The van der Waals surface area contributed by atoms with Crippen LogP contribution in [0.25, 0.3) is 0 Å². The fraction of sp³-hybridized carbons (Fsp3) is 0.517. The van der Waals surface area contributed by atoms with Crippen molar-refractivity contribution < 1.29 is 37.3 Å². The summed E-state index contributed by atoms with van der Waals surface area (Å²) in [4.78, 5) is 24.8. The Hall–Kier alpha value is -3.03. The lowest BCUT2D eigenvalue weighted by atomic mass is 10.0. The van der Waals surface area contributed by atoms with E-state index < -0.39 is 34.4 Å². The highest BCUT2D eigenvalue weighted by atomic mass is 32.2. The summed E-state index contributed by atoms with van der Waals surface area (Å²) >= 11 is 0. The number of nitrogens with zero attached hydrogens (tertiary/aromatic N) is 1. The summed E-state index contributed by atoms with van der Waals surface area (Å²) < 4.78 is 45.6. The van der Waals surface area contributed by atoms with Gasteiger partial charge in [0.05, 0.1) is 42.6 Å². The van der Waals surface area contributed by atoms with Gasteiger partial charge in [-0.05, 0) is 48.1 Å². The summed E-state index contributed by atoms with van der Waals surface area (Å²) in [5.41, 5.74) is 2.07. The van der Waals surface area contributed by atoms with E-state index in [0.717, 1.165) is 12.0 Å². The van der Waals surface area contributed by atoms with Crippen molar-refractivity contribution in [3.05, 3.63) is 59.7 Å². The first kappa shape index (κ1) is 29.5. The summed E-state index contributed by atoms with van der Waals surface area (Å²) in [6.07, 6.45) is -1.70. The molecule has 2 amide bonds. The minimum absolute atomic E-state index is 0.0379. The second kappa shape index (κ2) is 12.5. The number of benzene rings is 2. The topological polar surface area (TPSA) is 144 Å². The first-order valence-electron chi connectivity index (χ1n) is 14.0. The number of carbonyl (C=O) groups is 2. The number of carbonyl (C=O) groups excluding carboxylic acids is 2. The van der Waals surface area contributed by atoms with Gasteiger partial charge in [-0.2, -0.15) is 4.31 Å². The average Bonchev–Trinajstić information content (AvgIpc) is 3.64. The lowest BCUT2D eigenvalue weighted by molar-refractivity contribution is -0.115. The lowest BCUT2D eigenvalue weighted by Crippen LogP contribution is -2.51. The van der Waals surface area contributed by atoms with Crippen LogP contribution in [-0.2, 0) is 41.9 Å². The molecule has 3 unspecified atom stereocenters. The Morgan fingerprint density at radius 2 is 1.95 bits per heavy atom. The molecule has 0 aliphatic carbocycles. The van der Waals surface area contributed by atoms with Gasteiger partial charge < -0.3 is 30.0 Å². The molecule has 3 N–H and O–H groups in total. The number of rotatable bonds is 11. The van der Waals surface area contributed by atoms with Crippen LogP contribution in [0.15, 0.2) is 53.4 Å². The number of aliphatic hydroxyl groups excluding tert-OH is 1. The molecular weight excluding hydrogens is 550 g/mol. The normalized spacial score (nSPS) is 23.2. The third-order valence-corrected chi connectivity index (χ3v) is 9.44. The zero-order valence-electron chi connectivity index (χ0n) is 23.2. The number of amides is 2. The maximum Gasteiger partial charge on any atom is 0.407 e. The van der Waals surface area contributed by atoms with Gasteiger partial charge in [0.1, 0.15) is 6.10 Å². The van der Waals surface area contributed by atoms with Gasteiger partial charge in [0.2, 0.25) is 15.9 Å². The fourth-order valence-electron chi connectivity index (χ4n) is 5.55. The Kier molecular flexibility index (Phi) is 8.95. The average molecular weight is 588 g/mol. The molecule has 0 aromatic heterocycles. The molecule has 0 saturated carbocycles. The summed E-state index contributed by atoms with van der Waals surface area (Å²) in [7, 11) is -4.03.